The lowest BCUT2D eigenvalue weighted by atomic mass is 9.83. The van der Waals surface area contributed by atoms with Gasteiger partial charge in [-0.1, -0.05) is 17.5 Å². The summed E-state index contributed by atoms with van der Waals surface area (Å²) in [6.45, 7) is 0. The fraction of sp³-hybridized carbons (Fsp3) is 0.308. The highest BCUT2D eigenvalue weighted by Crippen LogP contribution is 2.49. The van der Waals surface area contributed by atoms with Gasteiger partial charge in [-0.3, -0.25) is 0 Å². The molecular formula is C13H11ClN2O. The highest BCUT2D eigenvalue weighted by atomic mass is 35.5. The number of anilines is 1. The smallest absolute Gasteiger partial charge is 0.317 e. The van der Waals surface area contributed by atoms with Gasteiger partial charge in [-0.2, -0.15) is 0 Å². The summed E-state index contributed by atoms with van der Waals surface area (Å²) in [7, 11) is 0. The normalized spacial score (nSPS) is 26.5. The average Bonchev–Trinajstić information content (AvgIpc) is 3.13. The summed E-state index contributed by atoms with van der Waals surface area (Å²) >= 11 is 6.01. The third-order valence-electron chi connectivity index (χ3n) is 3.38. The number of amides is 2. The molecule has 4 heteroatoms. The van der Waals surface area contributed by atoms with E-state index in [-0.39, 0.29) is 6.03 Å². The van der Waals surface area contributed by atoms with Crippen molar-refractivity contribution < 1.29 is 4.79 Å². The Hall–Kier alpha value is -1.66. The maximum Gasteiger partial charge on any atom is 0.320 e. The van der Waals surface area contributed by atoms with Crippen molar-refractivity contribution in [1.29, 1.82) is 0 Å². The first-order chi connectivity index (χ1) is 8.15. The van der Waals surface area contributed by atoms with Gasteiger partial charge in [-0.25, -0.2) is 4.79 Å². The average molecular weight is 247 g/mol. The highest BCUT2D eigenvalue weighted by molar-refractivity contribution is 6.30. The first-order valence-corrected chi connectivity index (χ1v) is 5.90. The van der Waals surface area contributed by atoms with Gasteiger partial charge in [-0.05, 0) is 37.0 Å². The van der Waals surface area contributed by atoms with Gasteiger partial charge in [0.1, 0.15) is 5.54 Å². The van der Waals surface area contributed by atoms with Crippen molar-refractivity contribution in [2.24, 2.45) is 5.92 Å². The van der Waals surface area contributed by atoms with Crippen LogP contribution in [-0.4, -0.2) is 6.03 Å². The molecule has 2 aliphatic rings. The van der Waals surface area contributed by atoms with E-state index in [1.54, 1.807) is 12.1 Å². The number of terminal acetylenes is 1. The topological polar surface area (TPSA) is 41.1 Å². The number of fused-ring (bicyclic) bond motifs is 1. The van der Waals surface area contributed by atoms with E-state index < -0.39 is 5.54 Å². The Morgan fingerprint density at radius 2 is 2.24 bits per heavy atom. The van der Waals surface area contributed by atoms with Gasteiger partial charge in [0, 0.05) is 16.3 Å². The first kappa shape index (κ1) is 10.5. The largest absolute Gasteiger partial charge is 0.320 e. The van der Waals surface area contributed by atoms with E-state index in [2.05, 4.69) is 16.6 Å². The molecule has 3 nitrogen and oxygen atoms in total. The molecule has 1 fully saturated rings. The summed E-state index contributed by atoms with van der Waals surface area (Å²) in [5.74, 6) is 3.08. The van der Waals surface area contributed by atoms with Crippen LogP contribution in [0.1, 0.15) is 18.4 Å². The van der Waals surface area contributed by atoms with Gasteiger partial charge < -0.3 is 10.6 Å². The van der Waals surface area contributed by atoms with Crippen molar-refractivity contribution in [2.75, 3.05) is 5.32 Å². The van der Waals surface area contributed by atoms with E-state index in [1.807, 2.05) is 6.07 Å². The second-order valence-corrected chi connectivity index (χ2v) is 4.93. The molecule has 1 aliphatic heterocycles. The third kappa shape index (κ3) is 1.49. The summed E-state index contributed by atoms with van der Waals surface area (Å²) < 4.78 is 0. The zero-order valence-electron chi connectivity index (χ0n) is 9.09. The maximum absolute atomic E-state index is 11.7. The number of carbonyl (C=O) groups excluding carboxylic acids is 1. The molecule has 1 unspecified atom stereocenters. The van der Waals surface area contributed by atoms with E-state index in [9.17, 15) is 4.79 Å². The van der Waals surface area contributed by atoms with E-state index >= 15 is 0 Å². The molecule has 3 rings (SSSR count). The predicted molar refractivity (Wildman–Crippen MR) is 66.8 cm³/mol. The van der Waals surface area contributed by atoms with Crippen molar-refractivity contribution in [3.8, 4) is 12.3 Å². The monoisotopic (exact) mass is 246 g/mol. The Morgan fingerprint density at radius 1 is 1.47 bits per heavy atom. The number of nitrogens with one attached hydrogen (secondary N) is 2. The molecule has 2 amide bonds. The van der Waals surface area contributed by atoms with Crippen LogP contribution in [0, 0.1) is 18.3 Å². The van der Waals surface area contributed by atoms with Crippen LogP contribution in [0.5, 0.6) is 0 Å². The number of benzene rings is 1. The molecule has 0 spiro atoms. The summed E-state index contributed by atoms with van der Waals surface area (Å²) in [5.41, 5.74) is 0.959. The maximum atomic E-state index is 11.7. The quantitative estimate of drug-likeness (QED) is 0.735. The molecule has 1 saturated carbocycles. The Bertz CT molecular complexity index is 545. The van der Waals surface area contributed by atoms with Crippen LogP contribution in [0.2, 0.25) is 5.02 Å². The van der Waals surface area contributed by atoms with Crippen LogP contribution in [0.3, 0.4) is 0 Å². The summed E-state index contributed by atoms with van der Waals surface area (Å²) in [6, 6.07) is 5.14. The lowest BCUT2D eigenvalue weighted by Crippen LogP contribution is -2.52. The van der Waals surface area contributed by atoms with Crippen molar-refractivity contribution in [3.05, 3.63) is 28.8 Å². The van der Waals surface area contributed by atoms with Gasteiger partial charge in [0.25, 0.3) is 0 Å². The molecule has 1 aromatic rings. The molecule has 17 heavy (non-hydrogen) atoms. The lowest BCUT2D eigenvalue weighted by molar-refractivity contribution is 0.238. The SMILES string of the molecule is C#CC1(C2CC2)NC(=O)Nc2ccc(Cl)cc21. The van der Waals surface area contributed by atoms with Crippen molar-refractivity contribution in [3.63, 3.8) is 0 Å². The minimum Gasteiger partial charge on any atom is -0.317 e. The standard InChI is InChI=1S/C13H11ClN2O/c1-2-13(8-3-4-8)10-7-9(14)5-6-11(10)15-12(17)16-13/h1,5-8H,3-4H2,(H2,15,16,17). The van der Waals surface area contributed by atoms with Crippen LogP contribution < -0.4 is 10.6 Å². The third-order valence-corrected chi connectivity index (χ3v) is 3.62. The number of hydrogen-bond donors (Lipinski definition) is 2. The van der Waals surface area contributed by atoms with Crippen molar-refractivity contribution in [1.82, 2.24) is 5.32 Å². The number of carbonyl (C=O) groups is 1. The lowest BCUT2D eigenvalue weighted by Gasteiger charge is -2.36. The van der Waals surface area contributed by atoms with Gasteiger partial charge in [0.05, 0.1) is 0 Å². The second kappa shape index (κ2) is 3.41. The number of hydrogen-bond acceptors (Lipinski definition) is 1. The number of halogens is 1. The number of urea groups is 1. The van der Waals surface area contributed by atoms with Gasteiger partial charge in [0.15, 0.2) is 0 Å². The van der Waals surface area contributed by atoms with Crippen molar-refractivity contribution >= 4 is 23.3 Å². The van der Waals surface area contributed by atoms with Crippen molar-refractivity contribution in [2.45, 2.75) is 18.4 Å². The van der Waals surface area contributed by atoms with E-state index in [4.69, 9.17) is 18.0 Å². The molecule has 1 atom stereocenters. The molecule has 86 valence electrons. The Kier molecular flexibility index (Phi) is 2.11. The Morgan fingerprint density at radius 3 is 2.88 bits per heavy atom. The van der Waals surface area contributed by atoms with Crippen LogP contribution in [0.4, 0.5) is 10.5 Å². The first-order valence-electron chi connectivity index (χ1n) is 5.52. The molecule has 2 N–H and O–H groups in total. The molecule has 1 aliphatic carbocycles. The van der Waals surface area contributed by atoms with E-state index in [0.717, 1.165) is 24.1 Å². The van der Waals surface area contributed by atoms with Gasteiger partial charge >= 0.3 is 6.03 Å². The summed E-state index contributed by atoms with van der Waals surface area (Å²) in [4.78, 5) is 11.7. The Balaban J connectivity index is 2.21. The number of rotatable bonds is 1. The summed E-state index contributed by atoms with van der Waals surface area (Å²) in [5, 5.41) is 6.26. The zero-order chi connectivity index (χ0) is 12.0. The zero-order valence-corrected chi connectivity index (χ0v) is 9.84. The summed E-state index contributed by atoms with van der Waals surface area (Å²) in [6.07, 6.45) is 7.75. The van der Waals surface area contributed by atoms with Gasteiger partial charge in [0.2, 0.25) is 0 Å². The molecule has 0 aromatic heterocycles. The minimum absolute atomic E-state index is 0.246. The van der Waals surface area contributed by atoms with Crippen LogP contribution in [-0.2, 0) is 5.54 Å². The predicted octanol–water partition coefficient (Wildman–Crippen LogP) is 2.71. The van der Waals surface area contributed by atoms with Crippen LogP contribution >= 0.6 is 11.6 Å². The second-order valence-electron chi connectivity index (χ2n) is 4.50. The molecule has 1 heterocycles. The highest BCUT2D eigenvalue weighted by Gasteiger charge is 2.49. The minimum atomic E-state index is -0.692. The van der Waals surface area contributed by atoms with E-state index in [0.29, 0.717) is 10.9 Å². The molecule has 0 radical (unpaired) electrons. The van der Waals surface area contributed by atoms with E-state index in [1.165, 1.54) is 0 Å². The molecule has 1 aromatic carbocycles. The van der Waals surface area contributed by atoms with Crippen LogP contribution in [0.25, 0.3) is 0 Å². The molecular weight excluding hydrogens is 236 g/mol. The molecule has 0 saturated heterocycles. The Labute approximate surface area is 105 Å². The fourth-order valence-electron chi connectivity index (χ4n) is 2.42. The van der Waals surface area contributed by atoms with Crippen LogP contribution in [0.15, 0.2) is 18.2 Å². The fourth-order valence-corrected chi connectivity index (χ4v) is 2.59. The van der Waals surface area contributed by atoms with Gasteiger partial charge in [-0.15, -0.1) is 6.42 Å². The molecule has 0 bridgehead atoms.